The molecule has 0 aliphatic carbocycles. The second-order valence-electron chi connectivity index (χ2n) is 6.89. The van der Waals surface area contributed by atoms with Crippen molar-refractivity contribution in [1.82, 2.24) is 15.5 Å². The second kappa shape index (κ2) is 8.40. The number of nitrogens with one attached hydrogen (secondary N) is 2. The maximum Gasteiger partial charge on any atom is 0.246 e. The molecule has 0 atom stereocenters. The third-order valence-electron chi connectivity index (χ3n) is 4.63. The monoisotopic (exact) mass is 407 g/mol. The van der Waals surface area contributed by atoms with Crippen molar-refractivity contribution < 1.29 is 9.32 Å². The van der Waals surface area contributed by atoms with Gasteiger partial charge in [-0.05, 0) is 49.8 Å². The number of hydrogen-bond donors (Lipinski definition) is 2. The SMILES string of the molecule is Cc1cccc(-c2noc(CNC(=S)Nc3cccc(N4CCCC4=O)c3)n2)c1. The quantitative estimate of drug-likeness (QED) is 0.625. The van der Waals surface area contributed by atoms with Crippen molar-refractivity contribution in [1.29, 1.82) is 0 Å². The van der Waals surface area contributed by atoms with Crippen LogP contribution in [0, 0.1) is 6.92 Å². The minimum atomic E-state index is 0.156. The van der Waals surface area contributed by atoms with Crippen molar-refractivity contribution in [3.05, 3.63) is 60.0 Å². The molecule has 2 aromatic carbocycles. The van der Waals surface area contributed by atoms with Crippen LogP contribution in [0.2, 0.25) is 0 Å². The van der Waals surface area contributed by atoms with Crippen molar-refractivity contribution >= 4 is 34.6 Å². The fourth-order valence-electron chi connectivity index (χ4n) is 3.23. The Hall–Kier alpha value is -3.26. The van der Waals surface area contributed by atoms with Gasteiger partial charge in [-0.15, -0.1) is 0 Å². The molecule has 8 heteroatoms. The Kier molecular flexibility index (Phi) is 5.53. The molecule has 1 amide bonds. The topological polar surface area (TPSA) is 83.3 Å². The third-order valence-corrected chi connectivity index (χ3v) is 4.88. The van der Waals surface area contributed by atoms with Gasteiger partial charge in [-0.3, -0.25) is 4.79 Å². The number of anilines is 2. The molecule has 3 aromatic rings. The van der Waals surface area contributed by atoms with Gasteiger partial charge in [0.15, 0.2) is 5.11 Å². The van der Waals surface area contributed by atoms with Crippen molar-refractivity contribution in [2.24, 2.45) is 0 Å². The summed E-state index contributed by atoms with van der Waals surface area (Å²) >= 11 is 5.36. The van der Waals surface area contributed by atoms with Gasteiger partial charge in [0.1, 0.15) is 0 Å². The lowest BCUT2D eigenvalue weighted by molar-refractivity contribution is -0.117. The van der Waals surface area contributed by atoms with Gasteiger partial charge in [-0.25, -0.2) is 0 Å². The van der Waals surface area contributed by atoms with E-state index in [2.05, 4.69) is 20.8 Å². The Morgan fingerprint density at radius 1 is 1.24 bits per heavy atom. The molecule has 1 aliphatic heterocycles. The zero-order valence-corrected chi connectivity index (χ0v) is 16.8. The zero-order valence-electron chi connectivity index (χ0n) is 16.0. The summed E-state index contributed by atoms with van der Waals surface area (Å²) in [4.78, 5) is 18.1. The molecular formula is C21H21N5O2S. The molecule has 29 heavy (non-hydrogen) atoms. The number of hydrogen-bond acceptors (Lipinski definition) is 5. The van der Waals surface area contributed by atoms with E-state index < -0.39 is 0 Å². The van der Waals surface area contributed by atoms with E-state index in [0.717, 1.165) is 35.5 Å². The van der Waals surface area contributed by atoms with Crippen LogP contribution in [0.4, 0.5) is 11.4 Å². The fraction of sp³-hybridized carbons (Fsp3) is 0.238. The molecule has 148 valence electrons. The Bertz CT molecular complexity index is 1050. The summed E-state index contributed by atoms with van der Waals surface area (Å²) in [6.07, 6.45) is 1.50. The standard InChI is InChI=1S/C21H21N5O2S/c1-14-5-2-6-15(11-14)20-24-18(28-25-20)13-22-21(29)23-16-7-3-8-17(12-16)26-10-4-9-19(26)27/h2-3,5-8,11-12H,4,9-10,13H2,1H3,(H2,22,23,29). The Morgan fingerprint density at radius 3 is 2.90 bits per heavy atom. The van der Waals surface area contributed by atoms with Crippen molar-refractivity contribution in [2.45, 2.75) is 26.3 Å². The first-order valence-electron chi connectivity index (χ1n) is 9.43. The molecule has 4 rings (SSSR count). The van der Waals surface area contributed by atoms with Gasteiger partial charge in [0, 0.05) is 29.9 Å². The molecule has 1 aromatic heterocycles. The summed E-state index contributed by atoms with van der Waals surface area (Å²) in [7, 11) is 0. The van der Waals surface area contributed by atoms with E-state index in [-0.39, 0.29) is 5.91 Å². The Labute approximate surface area is 174 Å². The van der Waals surface area contributed by atoms with E-state index in [1.807, 2.05) is 55.5 Å². The molecule has 0 radical (unpaired) electrons. The van der Waals surface area contributed by atoms with Crippen molar-refractivity contribution in [3.8, 4) is 11.4 Å². The van der Waals surface area contributed by atoms with Crippen LogP contribution < -0.4 is 15.5 Å². The largest absolute Gasteiger partial charge is 0.353 e. The summed E-state index contributed by atoms with van der Waals surface area (Å²) < 4.78 is 5.30. The highest BCUT2D eigenvalue weighted by atomic mass is 32.1. The number of amides is 1. The second-order valence-corrected chi connectivity index (χ2v) is 7.30. The predicted molar refractivity (Wildman–Crippen MR) is 116 cm³/mol. The van der Waals surface area contributed by atoms with E-state index in [1.54, 1.807) is 4.90 Å². The molecule has 1 saturated heterocycles. The lowest BCUT2D eigenvalue weighted by atomic mass is 10.1. The van der Waals surface area contributed by atoms with E-state index in [0.29, 0.717) is 29.8 Å². The van der Waals surface area contributed by atoms with E-state index in [4.69, 9.17) is 16.7 Å². The van der Waals surface area contributed by atoms with E-state index in [9.17, 15) is 4.79 Å². The maximum atomic E-state index is 11.9. The van der Waals surface area contributed by atoms with Crippen molar-refractivity contribution in [2.75, 3.05) is 16.8 Å². The first-order chi connectivity index (χ1) is 14.1. The van der Waals surface area contributed by atoms with Crippen LogP contribution in [-0.4, -0.2) is 27.7 Å². The first-order valence-corrected chi connectivity index (χ1v) is 9.84. The third kappa shape index (κ3) is 4.60. The maximum absolute atomic E-state index is 11.9. The van der Waals surface area contributed by atoms with Crippen LogP contribution in [-0.2, 0) is 11.3 Å². The first kappa shape index (κ1) is 19.1. The van der Waals surface area contributed by atoms with Crippen LogP contribution in [0.5, 0.6) is 0 Å². The van der Waals surface area contributed by atoms with Gasteiger partial charge in [0.25, 0.3) is 0 Å². The highest BCUT2D eigenvalue weighted by molar-refractivity contribution is 7.80. The number of aromatic nitrogens is 2. The number of carbonyl (C=O) groups is 1. The van der Waals surface area contributed by atoms with Gasteiger partial charge in [-0.2, -0.15) is 4.98 Å². The predicted octanol–water partition coefficient (Wildman–Crippen LogP) is 3.66. The molecule has 2 heterocycles. The van der Waals surface area contributed by atoms with E-state index >= 15 is 0 Å². The number of aryl methyl sites for hydroxylation is 1. The molecule has 0 unspecified atom stereocenters. The van der Waals surface area contributed by atoms with E-state index in [1.165, 1.54) is 0 Å². The van der Waals surface area contributed by atoms with Crippen LogP contribution in [0.3, 0.4) is 0 Å². The van der Waals surface area contributed by atoms with Crippen molar-refractivity contribution in [3.63, 3.8) is 0 Å². The number of rotatable bonds is 5. The molecule has 0 spiro atoms. The summed E-state index contributed by atoms with van der Waals surface area (Å²) in [6.45, 7) is 3.09. The number of nitrogens with zero attached hydrogens (tertiary/aromatic N) is 3. The van der Waals surface area contributed by atoms with Gasteiger partial charge in [-0.1, -0.05) is 35.0 Å². The molecule has 7 nitrogen and oxygen atoms in total. The molecule has 0 bridgehead atoms. The fourth-order valence-corrected chi connectivity index (χ4v) is 3.42. The highest BCUT2D eigenvalue weighted by Gasteiger charge is 2.21. The highest BCUT2D eigenvalue weighted by Crippen LogP contribution is 2.24. The average Bonchev–Trinajstić information content (AvgIpc) is 3.36. The molecule has 1 fully saturated rings. The summed E-state index contributed by atoms with van der Waals surface area (Å²) in [5.41, 5.74) is 3.73. The summed E-state index contributed by atoms with van der Waals surface area (Å²) in [5.74, 6) is 1.15. The number of carbonyl (C=O) groups excluding carboxylic acids is 1. The normalized spacial score (nSPS) is 13.6. The van der Waals surface area contributed by atoms with Gasteiger partial charge in [0.2, 0.25) is 17.6 Å². The Morgan fingerprint density at radius 2 is 2.10 bits per heavy atom. The van der Waals surface area contributed by atoms with Crippen LogP contribution >= 0.6 is 12.2 Å². The molecule has 1 aliphatic rings. The van der Waals surface area contributed by atoms with Crippen LogP contribution in [0.25, 0.3) is 11.4 Å². The van der Waals surface area contributed by atoms with Gasteiger partial charge in [0.05, 0.1) is 6.54 Å². The van der Waals surface area contributed by atoms with Crippen LogP contribution in [0.15, 0.2) is 53.1 Å². The minimum absolute atomic E-state index is 0.156. The van der Waals surface area contributed by atoms with Crippen LogP contribution in [0.1, 0.15) is 24.3 Å². The smallest absolute Gasteiger partial charge is 0.246 e. The number of benzene rings is 2. The van der Waals surface area contributed by atoms with Gasteiger partial charge >= 0.3 is 0 Å². The van der Waals surface area contributed by atoms with Gasteiger partial charge < -0.3 is 20.1 Å². The molecular weight excluding hydrogens is 386 g/mol. The Balaban J connectivity index is 1.34. The average molecular weight is 407 g/mol. The summed E-state index contributed by atoms with van der Waals surface area (Å²) in [6, 6.07) is 15.6. The lowest BCUT2D eigenvalue weighted by Gasteiger charge is -2.17. The lowest BCUT2D eigenvalue weighted by Crippen LogP contribution is -2.28. The molecule has 2 N–H and O–H groups in total. The molecule has 0 saturated carbocycles. The minimum Gasteiger partial charge on any atom is -0.353 e. The summed E-state index contributed by atoms with van der Waals surface area (Å²) in [5, 5.41) is 10.7. The number of thiocarbonyl (C=S) groups is 1. The zero-order chi connectivity index (χ0) is 20.2.